The number of hydrogen-bond acceptors (Lipinski definition) is 7. The fourth-order valence-corrected chi connectivity index (χ4v) is 3.97. The van der Waals surface area contributed by atoms with Gasteiger partial charge >= 0.3 is 5.69 Å². The lowest BCUT2D eigenvalue weighted by atomic mass is 9.93. The molecule has 0 amide bonds. The number of nitrogens with zero attached hydrogens (tertiary/aromatic N) is 4. The zero-order valence-electron chi connectivity index (χ0n) is 15.8. The van der Waals surface area contributed by atoms with Gasteiger partial charge in [-0.05, 0) is 43.9 Å². The van der Waals surface area contributed by atoms with E-state index >= 15 is 0 Å². The van der Waals surface area contributed by atoms with Crippen LogP contribution in [0.4, 0.5) is 17.3 Å². The van der Waals surface area contributed by atoms with Gasteiger partial charge in [0.2, 0.25) is 5.95 Å². The van der Waals surface area contributed by atoms with Crippen molar-refractivity contribution >= 4 is 40.1 Å². The molecule has 1 aromatic carbocycles. The van der Waals surface area contributed by atoms with Crippen LogP contribution in [0.1, 0.15) is 37.3 Å². The summed E-state index contributed by atoms with van der Waals surface area (Å²) < 4.78 is 7.07. The summed E-state index contributed by atoms with van der Waals surface area (Å²) in [5.41, 5.74) is 7.93. The first-order valence-corrected chi connectivity index (χ1v) is 9.65. The molecular weight excluding hydrogens is 394 g/mol. The summed E-state index contributed by atoms with van der Waals surface area (Å²) in [6.45, 7) is 0. The molecule has 3 aromatic rings. The summed E-state index contributed by atoms with van der Waals surface area (Å²) in [6, 6.07) is 6.92. The van der Waals surface area contributed by atoms with E-state index in [1.54, 1.807) is 29.9 Å². The van der Waals surface area contributed by atoms with E-state index in [-0.39, 0.29) is 28.9 Å². The van der Waals surface area contributed by atoms with Crippen molar-refractivity contribution in [3.05, 3.63) is 39.4 Å². The highest BCUT2D eigenvalue weighted by Gasteiger charge is 2.26. The maximum atomic E-state index is 12.6. The molecule has 1 aliphatic rings. The fraction of sp³-hybridized carbons (Fsp3) is 0.368. The topological polar surface area (TPSA) is 135 Å². The van der Waals surface area contributed by atoms with E-state index in [2.05, 4.69) is 26.3 Å². The van der Waals surface area contributed by atoms with E-state index in [9.17, 15) is 4.79 Å². The van der Waals surface area contributed by atoms with Crippen molar-refractivity contribution in [1.82, 2.24) is 19.5 Å². The number of rotatable bonds is 4. The van der Waals surface area contributed by atoms with Crippen molar-refractivity contribution in [2.45, 2.75) is 37.8 Å². The van der Waals surface area contributed by atoms with Crippen molar-refractivity contribution in [3.8, 4) is 6.07 Å². The second-order valence-corrected chi connectivity index (χ2v) is 7.40. The van der Waals surface area contributed by atoms with Gasteiger partial charge in [0.05, 0.1) is 29.1 Å². The van der Waals surface area contributed by atoms with Crippen LogP contribution in [-0.4, -0.2) is 32.7 Å². The zero-order valence-corrected chi connectivity index (χ0v) is 16.5. The Morgan fingerprint density at radius 1 is 1.34 bits per heavy atom. The van der Waals surface area contributed by atoms with Crippen LogP contribution in [-0.2, 0) is 4.74 Å². The van der Waals surface area contributed by atoms with Crippen LogP contribution in [0.3, 0.4) is 0 Å². The highest BCUT2D eigenvalue weighted by Crippen LogP contribution is 2.32. The molecular formula is C19H20ClN7O2. The van der Waals surface area contributed by atoms with E-state index in [1.165, 1.54) is 0 Å². The lowest BCUT2D eigenvalue weighted by Crippen LogP contribution is -2.28. The van der Waals surface area contributed by atoms with Crippen molar-refractivity contribution in [3.63, 3.8) is 0 Å². The molecule has 1 saturated carbocycles. The lowest BCUT2D eigenvalue weighted by molar-refractivity contribution is 0.0585. The molecule has 9 nitrogen and oxygen atoms in total. The number of nitriles is 1. The number of anilines is 3. The van der Waals surface area contributed by atoms with Gasteiger partial charge in [0.1, 0.15) is 5.52 Å². The molecule has 0 unspecified atom stereocenters. The molecule has 10 heteroatoms. The fourth-order valence-electron chi connectivity index (χ4n) is 3.76. The molecule has 29 heavy (non-hydrogen) atoms. The van der Waals surface area contributed by atoms with Crippen molar-refractivity contribution in [2.24, 2.45) is 0 Å². The number of imidazole rings is 1. The molecule has 1 fully saturated rings. The third-order valence-corrected chi connectivity index (χ3v) is 5.57. The van der Waals surface area contributed by atoms with E-state index in [1.807, 2.05) is 0 Å². The number of nitrogen functional groups attached to an aromatic ring is 1. The molecule has 1 aliphatic carbocycles. The first kappa shape index (κ1) is 19.2. The van der Waals surface area contributed by atoms with Crippen LogP contribution >= 0.6 is 11.6 Å². The van der Waals surface area contributed by atoms with E-state index in [0.717, 1.165) is 25.7 Å². The van der Waals surface area contributed by atoms with Gasteiger partial charge in [-0.1, -0.05) is 11.6 Å². The number of fused-ring (bicyclic) bond motifs is 1. The Hall–Kier alpha value is -3.09. The molecule has 2 heterocycles. The smallest absolute Gasteiger partial charge is 0.328 e. The monoisotopic (exact) mass is 413 g/mol. The Kier molecular flexibility index (Phi) is 5.13. The molecule has 0 atom stereocenters. The Morgan fingerprint density at radius 3 is 2.79 bits per heavy atom. The summed E-state index contributed by atoms with van der Waals surface area (Å²) in [4.78, 5) is 24.1. The normalized spacial score (nSPS) is 19.2. The molecule has 0 radical (unpaired) electrons. The van der Waals surface area contributed by atoms with Crippen molar-refractivity contribution < 1.29 is 4.74 Å². The maximum absolute atomic E-state index is 12.6. The minimum absolute atomic E-state index is 0.00783. The first-order valence-electron chi connectivity index (χ1n) is 9.27. The molecule has 2 aromatic heterocycles. The standard InChI is InChI=1S/C19H20ClN7O2/c1-29-12-5-3-11(4-6-12)27-17-15(24-19(27)28)16(20)25-18(26-17)23-14-8-10(9-21)2-7-13(14)22/h2,7-8,11-12H,3-6,22H2,1H3,(H,24,28)(H,23,25,26)/t11-,12-. The van der Waals surface area contributed by atoms with Gasteiger partial charge in [-0.3, -0.25) is 4.57 Å². The molecule has 0 aliphatic heterocycles. The molecule has 4 N–H and O–H groups in total. The van der Waals surface area contributed by atoms with Crippen molar-refractivity contribution in [2.75, 3.05) is 18.2 Å². The summed E-state index contributed by atoms with van der Waals surface area (Å²) in [5, 5.41) is 12.2. The van der Waals surface area contributed by atoms with Gasteiger partial charge in [0.25, 0.3) is 0 Å². The van der Waals surface area contributed by atoms with Crippen LogP contribution in [0.2, 0.25) is 5.15 Å². The number of hydrogen-bond donors (Lipinski definition) is 3. The second-order valence-electron chi connectivity index (χ2n) is 7.04. The van der Waals surface area contributed by atoms with E-state index in [0.29, 0.717) is 28.1 Å². The third-order valence-electron chi connectivity index (χ3n) is 5.30. The minimum atomic E-state index is -0.264. The number of H-pyrrole nitrogens is 1. The highest BCUT2D eigenvalue weighted by atomic mass is 35.5. The number of nitrogens with one attached hydrogen (secondary N) is 2. The Morgan fingerprint density at radius 2 is 2.10 bits per heavy atom. The SMILES string of the molecule is CO[C@H]1CC[C@H](n2c(=O)[nH]c3c(Cl)nc(Nc4cc(C#N)ccc4N)nc32)CC1. The van der Waals surface area contributed by atoms with Crippen LogP contribution in [0.5, 0.6) is 0 Å². The number of nitrogens with two attached hydrogens (primary N) is 1. The van der Waals surface area contributed by atoms with Crippen LogP contribution in [0.15, 0.2) is 23.0 Å². The molecule has 4 rings (SSSR count). The molecule has 150 valence electrons. The van der Waals surface area contributed by atoms with Crippen LogP contribution in [0, 0.1) is 11.3 Å². The number of halogens is 1. The van der Waals surface area contributed by atoms with Crippen LogP contribution < -0.4 is 16.7 Å². The van der Waals surface area contributed by atoms with E-state index < -0.39 is 0 Å². The number of benzene rings is 1. The third kappa shape index (κ3) is 3.64. The lowest BCUT2D eigenvalue weighted by Gasteiger charge is -2.28. The number of aromatic nitrogens is 4. The van der Waals surface area contributed by atoms with Gasteiger partial charge in [-0.25, -0.2) is 4.79 Å². The Balaban J connectivity index is 1.73. The van der Waals surface area contributed by atoms with Gasteiger partial charge in [-0.2, -0.15) is 15.2 Å². The summed E-state index contributed by atoms with van der Waals surface area (Å²) >= 11 is 6.32. The predicted molar refractivity (Wildman–Crippen MR) is 110 cm³/mol. The quantitative estimate of drug-likeness (QED) is 0.441. The average molecular weight is 414 g/mol. The first-order chi connectivity index (χ1) is 14.0. The zero-order chi connectivity index (χ0) is 20.5. The van der Waals surface area contributed by atoms with Gasteiger partial charge in [0, 0.05) is 13.2 Å². The summed E-state index contributed by atoms with van der Waals surface area (Å²) in [6.07, 6.45) is 3.60. The molecule has 0 saturated heterocycles. The Labute approximate surface area is 171 Å². The number of aromatic amines is 1. The summed E-state index contributed by atoms with van der Waals surface area (Å²) in [7, 11) is 1.71. The number of methoxy groups -OCH3 is 1. The predicted octanol–water partition coefficient (Wildman–Crippen LogP) is 3.10. The van der Waals surface area contributed by atoms with Crippen LogP contribution in [0.25, 0.3) is 11.2 Å². The average Bonchev–Trinajstić information content (AvgIpc) is 3.06. The highest BCUT2D eigenvalue weighted by molar-refractivity contribution is 6.33. The second kappa shape index (κ2) is 7.73. The largest absolute Gasteiger partial charge is 0.397 e. The van der Waals surface area contributed by atoms with Crippen molar-refractivity contribution in [1.29, 1.82) is 5.26 Å². The Bertz CT molecular complexity index is 1160. The van der Waals surface area contributed by atoms with Gasteiger partial charge in [-0.15, -0.1) is 0 Å². The summed E-state index contributed by atoms with van der Waals surface area (Å²) in [5.74, 6) is 0.197. The molecule has 0 spiro atoms. The number of ether oxygens (including phenoxy) is 1. The minimum Gasteiger partial charge on any atom is -0.397 e. The van der Waals surface area contributed by atoms with E-state index in [4.69, 9.17) is 27.3 Å². The van der Waals surface area contributed by atoms with Gasteiger partial charge < -0.3 is 20.8 Å². The van der Waals surface area contributed by atoms with Gasteiger partial charge in [0.15, 0.2) is 10.8 Å². The maximum Gasteiger partial charge on any atom is 0.328 e. The molecule has 0 bridgehead atoms.